The molecule has 1 aromatic heterocycles. The molecule has 1 saturated heterocycles. The third-order valence-electron chi connectivity index (χ3n) is 4.58. The molecule has 1 fully saturated rings. The van der Waals surface area contributed by atoms with Gasteiger partial charge in [0.05, 0.1) is 11.6 Å². The first-order valence-corrected chi connectivity index (χ1v) is 13.6. The number of carbonyl (C=O) groups excluding carboxylic acids is 1. The molecule has 8 nitrogen and oxygen atoms in total. The number of imidazole rings is 1. The van der Waals surface area contributed by atoms with E-state index in [2.05, 4.69) is 24.6 Å². The summed E-state index contributed by atoms with van der Waals surface area (Å²) in [6.45, 7) is 13.7. The number of hydrogen-bond acceptors (Lipinski definition) is 6. The quantitative estimate of drug-likeness (QED) is 0.526. The Balaban J connectivity index is 2.18. The van der Waals surface area contributed by atoms with Crippen molar-refractivity contribution in [3.8, 4) is 0 Å². The zero-order chi connectivity index (χ0) is 21.1. The number of hydrogen-bond donors (Lipinski definition) is 2. The van der Waals surface area contributed by atoms with Gasteiger partial charge in [-0.05, 0) is 39.7 Å². The fourth-order valence-corrected chi connectivity index (χ4v) is 3.88. The van der Waals surface area contributed by atoms with Gasteiger partial charge in [0, 0.05) is 27.4 Å². The first kappa shape index (κ1) is 22.9. The lowest BCUT2D eigenvalue weighted by Crippen LogP contribution is -2.40. The Labute approximate surface area is 169 Å². The second-order valence-electron chi connectivity index (χ2n) is 9.52. The molecule has 1 aliphatic heterocycles. The highest BCUT2D eigenvalue weighted by Gasteiger charge is 2.37. The van der Waals surface area contributed by atoms with Crippen molar-refractivity contribution in [3.63, 3.8) is 0 Å². The predicted octanol–water partition coefficient (Wildman–Crippen LogP) is 1.95. The van der Waals surface area contributed by atoms with Gasteiger partial charge in [0.2, 0.25) is 0 Å². The van der Waals surface area contributed by atoms with Gasteiger partial charge in [-0.15, -0.1) is 0 Å². The fraction of sp³-hybridized carbons (Fsp3) is 0.778. The third kappa shape index (κ3) is 6.33. The van der Waals surface area contributed by atoms with Gasteiger partial charge in [0.15, 0.2) is 0 Å². The molecule has 158 valence electrons. The minimum Gasteiger partial charge on any atom is -0.444 e. The summed E-state index contributed by atoms with van der Waals surface area (Å²) < 4.78 is 13.0. The highest BCUT2D eigenvalue weighted by molar-refractivity contribution is 6.76. The van der Waals surface area contributed by atoms with Gasteiger partial charge < -0.3 is 24.1 Å². The maximum Gasteiger partial charge on any atom is 0.507 e. The summed E-state index contributed by atoms with van der Waals surface area (Å²) in [5.41, 5.74) is -0.314. The summed E-state index contributed by atoms with van der Waals surface area (Å²) in [6.07, 6.45) is 2.64. The van der Waals surface area contributed by atoms with E-state index in [4.69, 9.17) is 9.47 Å². The minimum absolute atomic E-state index is 0.172. The Morgan fingerprint density at radius 1 is 1.36 bits per heavy atom. The molecule has 28 heavy (non-hydrogen) atoms. The van der Waals surface area contributed by atoms with Gasteiger partial charge in [0.25, 0.3) is 0 Å². The summed E-state index contributed by atoms with van der Waals surface area (Å²) in [4.78, 5) is 18.7. The molecule has 0 aliphatic carbocycles. The van der Waals surface area contributed by atoms with E-state index in [0.29, 0.717) is 19.0 Å². The molecule has 0 saturated carbocycles. The lowest BCUT2D eigenvalue weighted by atomic mass is 9.87. The van der Waals surface area contributed by atoms with Crippen LogP contribution in [0.5, 0.6) is 0 Å². The van der Waals surface area contributed by atoms with Crippen LogP contribution >= 0.6 is 0 Å². The Kier molecular flexibility index (Phi) is 7.35. The maximum atomic E-state index is 12.6. The van der Waals surface area contributed by atoms with Crippen molar-refractivity contribution in [2.45, 2.75) is 77.7 Å². The topological polar surface area (TPSA) is 97.0 Å². The van der Waals surface area contributed by atoms with Gasteiger partial charge in [0.1, 0.15) is 18.2 Å². The van der Waals surface area contributed by atoms with E-state index in [1.807, 2.05) is 20.8 Å². The fourth-order valence-electron chi connectivity index (χ4n) is 3.12. The summed E-state index contributed by atoms with van der Waals surface area (Å²) in [7, 11) is -2.88. The average Bonchev–Trinajstić information content (AvgIpc) is 3.15. The number of ether oxygens (including phenoxy) is 2. The molecule has 2 rings (SSSR count). The summed E-state index contributed by atoms with van der Waals surface area (Å²) in [6, 6.07) is 0.740. The standard InChI is InChI=1S/C18H34BN3O5Si/c1-18(2,3)27-17(23)21-9-7-8-14(21)16-20-12-15(19(24)25)22(16)13-26-10-11-28(4,5)6/h12,14,24-25H,7-11,13H2,1-6H3. The number of rotatable bonds is 7. The molecule has 2 N–H and O–H groups in total. The Morgan fingerprint density at radius 2 is 2.04 bits per heavy atom. The lowest BCUT2D eigenvalue weighted by molar-refractivity contribution is 0.0205. The van der Waals surface area contributed by atoms with Crippen LogP contribution in [-0.2, 0) is 16.2 Å². The predicted molar refractivity (Wildman–Crippen MR) is 111 cm³/mol. The molecule has 1 amide bonds. The average molecular weight is 411 g/mol. The van der Waals surface area contributed by atoms with Gasteiger partial charge in [-0.3, -0.25) is 4.90 Å². The number of carbonyl (C=O) groups is 1. The van der Waals surface area contributed by atoms with E-state index in [0.717, 1.165) is 18.9 Å². The van der Waals surface area contributed by atoms with Crippen LogP contribution in [0.2, 0.25) is 25.7 Å². The second kappa shape index (κ2) is 8.98. The highest BCUT2D eigenvalue weighted by Crippen LogP contribution is 2.32. The minimum atomic E-state index is -1.65. The largest absolute Gasteiger partial charge is 0.507 e. The summed E-state index contributed by atoms with van der Waals surface area (Å²) >= 11 is 0. The zero-order valence-corrected chi connectivity index (χ0v) is 18.9. The van der Waals surface area contributed by atoms with E-state index >= 15 is 0 Å². The molecule has 0 bridgehead atoms. The summed E-state index contributed by atoms with van der Waals surface area (Å²) in [5.74, 6) is 0.597. The van der Waals surface area contributed by atoms with E-state index in [1.165, 1.54) is 6.20 Å². The van der Waals surface area contributed by atoms with Crippen LogP contribution in [0.4, 0.5) is 4.79 Å². The molecular formula is C18H34BN3O5Si. The van der Waals surface area contributed by atoms with Gasteiger partial charge in [-0.1, -0.05) is 19.6 Å². The SMILES string of the molecule is CC(C)(C)OC(=O)N1CCCC1c1ncc(B(O)O)n1COCC[Si](C)(C)C. The van der Waals surface area contributed by atoms with Crippen LogP contribution in [0.25, 0.3) is 0 Å². The first-order chi connectivity index (χ1) is 12.9. The molecule has 2 heterocycles. The Hall–Kier alpha value is -1.36. The highest BCUT2D eigenvalue weighted by atomic mass is 28.3. The normalized spacial score (nSPS) is 17.9. The van der Waals surface area contributed by atoms with Crippen LogP contribution in [-0.4, -0.2) is 64.5 Å². The van der Waals surface area contributed by atoms with E-state index in [-0.39, 0.29) is 24.5 Å². The van der Waals surface area contributed by atoms with Gasteiger partial charge in [-0.2, -0.15) is 0 Å². The van der Waals surface area contributed by atoms with Gasteiger partial charge >= 0.3 is 13.2 Å². The maximum absolute atomic E-state index is 12.6. The molecule has 1 aromatic rings. The molecular weight excluding hydrogens is 377 g/mol. The summed E-state index contributed by atoms with van der Waals surface area (Å²) in [5, 5.41) is 19.4. The molecule has 0 aromatic carbocycles. The van der Waals surface area contributed by atoms with Gasteiger partial charge in [-0.25, -0.2) is 9.78 Å². The van der Waals surface area contributed by atoms with Crippen molar-refractivity contribution in [2.75, 3.05) is 13.2 Å². The molecule has 1 unspecified atom stereocenters. The van der Waals surface area contributed by atoms with Crippen molar-refractivity contribution in [3.05, 3.63) is 12.0 Å². The van der Waals surface area contributed by atoms with E-state index < -0.39 is 20.8 Å². The lowest BCUT2D eigenvalue weighted by Gasteiger charge is -2.29. The number of nitrogens with zero attached hydrogens (tertiary/aromatic N) is 3. The smallest absolute Gasteiger partial charge is 0.444 e. The van der Waals surface area contributed by atoms with Crippen LogP contribution in [0.15, 0.2) is 6.20 Å². The van der Waals surface area contributed by atoms with Crippen LogP contribution < -0.4 is 5.59 Å². The molecule has 0 radical (unpaired) electrons. The van der Waals surface area contributed by atoms with Crippen molar-refractivity contribution in [1.29, 1.82) is 0 Å². The molecule has 10 heteroatoms. The van der Waals surface area contributed by atoms with Crippen molar-refractivity contribution < 1.29 is 24.3 Å². The zero-order valence-electron chi connectivity index (χ0n) is 17.9. The number of aromatic nitrogens is 2. The van der Waals surface area contributed by atoms with E-state index in [9.17, 15) is 14.8 Å². The number of likely N-dealkylation sites (tertiary alicyclic amines) is 1. The third-order valence-corrected chi connectivity index (χ3v) is 6.28. The monoisotopic (exact) mass is 411 g/mol. The van der Waals surface area contributed by atoms with Crippen molar-refractivity contribution >= 4 is 26.9 Å². The second-order valence-corrected chi connectivity index (χ2v) is 15.1. The Bertz CT molecular complexity index is 669. The van der Waals surface area contributed by atoms with Crippen molar-refractivity contribution in [1.82, 2.24) is 14.5 Å². The van der Waals surface area contributed by atoms with Crippen LogP contribution in [0.1, 0.15) is 45.5 Å². The molecule has 0 spiro atoms. The van der Waals surface area contributed by atoms with Crippen molar-refractivity contribution in [2.24, 2.45) is 0 Å². The first-order valence-electron chi connectivity index (χ1n) is 9.88. The van der Waals surface area contributed by atoms with Crippen LogP contribution in [0.3, 0.4) is 0 Å². The molecule has 1 atom stereocenters. The Morgan fingerprint density at radius 3 is 2.61 bits per heavy atom. The van der Waals surface area contributed by atoms with Crippen LogP contribution in [0, 0.1) is 0 Å². The van der Waals surface area contributed by atoms with E-state index in [1.54, 1.807) is 9.47 Å². The molecule has 1 aliphatic rings. The number of amides is 1.